The van der Waals surface area contributed by atoms with Gasteiger partial charge in [0.25, 0.3) is 0 Å². The van der Waals surface area contributed by atoms with Crippen molar-refractivity contribution in [2.45, 2.75) is 81.9 Å². The average molecular weight is 510 g/mol. The van der Waals surface area contributed by atoms with Gasteiger partial charge in [0.1, 0.15) is 6.17 Å². The fraction of sp³-hybridized carbons (Fsp3) is 0.905. The van der Waals surface area contributed by atoms with E-state index in [1.165, 1.54) is 0 Å². The number of alkyl halides is 2. The maximum absolute atomic E-state index is 14.9. The van der Waals surface area contributed by atoms with Gasteiger partial charge in [-0.25, -0.2) is 17.8 Å². The van der Waals surface area contributed by atoms with E-state index in [0.29, 0.717) is 6.42 Å². The molecule has 4 N–H and O–H groups in total. The highest BCUT2D eigenvalue weighted by Crippen LogP contribution is 2.39. The number of nitrogens with one attached hydrogen (secondary N) is 4. The van der Waals surface area contributed by atoms with Gasteiger partial charge in [-0.1, -0.05) is 19.3 Å². The molecule has 33 heavy (non-hydrogen) atoms. The zero-order valence-corrected chi connectivity index (χ0v) is 20.9. The van der Waals surface area contributed by atoms with Gasteiger partial charge in [-0.15, -0.1) is 16.4 Å². The Morgan fingerprint density at radius 3 is 2.52 bits per heavy atom. The Hall–Kier alpha value is -1.01. The monoisotopic (exact) mass is 509 g/mol. The normalized spacial score (nSPS) is 34.2. The molecule has 1 saturated heterocycles. The molecule has 2 amide bonds. The number of hydrogen-bond donors (Lipinski definition) is 4. The molecule has 0 spiro atoms. The third-order valence-corrected chi connectivity index (χ3v) is 9.02. The van der Waals surface area contributed by atoms with Gasteiger partial charge in [-0.05, 0) is 50.9 Å². The van der Waals surface area contributed by atoms with E-state index >= 15 is 0 Å². The second kappa shape index (κ2) is 11.6. The Morgan fingerprint density at radius 2 is 1.85 bits per heavy atom. The summed E-state index contributed by atoms with van der Waals surface area (Å²) >= 11 is 6.28. The molecule has 0 aromatic heterocycles. The Morgan fingerprint density at radius 1 is 1.15 bits per heavy atom. The summed E-state index contributed by atoms with van der Waals surface area (Å²) < 4.78 is 39.7. The summed E-state index contributed by atoms with van der Waals surface area (Å²) in [5, 5.41) is 3.60. The molecule has 1 heterocycles. The average Bonchev–Trinajstić information content (AvgIpc) is 3.14. The Balaban J connectivity index is 1.55. The molecule has 1 aliphatic heterocycles. The Labute approximate surface area is 200 Å². The van der Waals surface area contributed by atoms with Gasteiger partial charge >= 0.3 is 0 Å². The summed E-state index contributed by atoms with van der Waals surface area (Å²) in [6.45, 7) is 2.20. The maximum atomic E-state index is 14.9. The number of hydrazine groups is 2. The van der Waals surface area contributed by atoms with E-state index in [2.05, 4.69) is 21.0 Å². The molecule has 6 atom stereocenters. The van der Waals surface area contributed by atoms with Crippen molar-refractivity contribution in [3.8, 4) is 0 Å². The summed E-state index contributed by atoms with van der Waals surface area (Å²) in [5.41, 5.74) is 5.56. The molecule has 3 rings (SSSR count). The SMILES string of the molecule is CNC(=O)CN1NC(C2CC(Cl)C(F)C(C(=O)NNS(=O)(=O)CC3CCCCC3)C2)CC1C. The van der Waals surface area contributed by atoms with Crippen LogP contribution in [0.25, 0.3) is 0 Å². The topological polar surface area (TPSA) is 120 Å². The van der Waals surface area contributed by atoms with Crippen molar-refractivity contribution in [1.82, 2.24) is 26.0 Å². The van der Waals surface area contributed by atoms with Crippen LogP contribution in [0.5, 0.6) is 0 Å². The molecule has 9 nitrogen and oxygen atoms in total. The number of hydrogen-bond acceptors (Lipinski definition) is 6. The first-order chi connectivity index (χ1) is 15.6. The molecule has 190 valence electrons. The molecule has 0 aromatic carbocycles. The minimum atomic E-state index is -3.70. The fourth-order valence-electron chi connectivity index (χ4n) is 5.35. The smallest absolute Gasteiger partial charge is 0.241 e. The zero-order valence-electron chi connectivity index (χ0n) is 19.4. The van der Waals surface area contributed by atoms with Crippen molar-refractivity contribution < 1.29 is 22.4 Å². The molecule has 0 bridgehead atoms. The molecule has 3 fully saturated rings. The third-order valence-electron chi connectivity index (χ3n) is 7.28. The summed E-state index contributed by atoms with van der Waals surface area (Å²) in [7, 11) is -2.12. The van der Waals surface area contributed by atoms with Crippen molar-refractivity contribution in [3.05, 3.63) is 0 Å². The number of rotatable bonds is 8. The first-order valence-electron chi connectivity index (χ1n) is 11.9. The summed E-state index contributed by atoms with van der Waals surface area (Å²) in [6, 6.07) is 0.0553. The van der Waals surface area contributed by atoms with Gasteiger partial charge in [-0.2, -0.15) is 0 Å². The second-order valence-electron chi connectivity index (χ2n) is 9.80. The number of sulfonamides is 1. The molecule has 0 radical (unpaired) electrons. The lowest BCUT2D eigenvalue weighted by molar-refractivity contribution is -0.129. The molecule has 2 aliphatic carbocycles. The van der Waals surface area contributed by atoms with Crippen molar-refractivity contribution in [2.75, 3.05) is 19.3 Å². The first-order valence-corrected chi connectivity index (χ1v) is 14.0. The lowest BCUT2D eigenvalue weighted by Gasteiger charge is -2.37. The summed E-state index contributed by atoms with van der Waals surface area (Å²) in [5.74, 6) is -1.89. The van der Waals surface area contributed by atoms with Gasteiger partial charge in [0.05, 0.1) is 23.6 Å². The number of nitrogens with zero attached hydrogens (tertiary/aromatic N) is 1. The van der Waals surface area contributed by atoms with Gasteiger partial charge in [-0.3, -0.25) is 20.4 Å². The van der Waals surface area contributed by atoms with E-state index in [1.807, 2.05) is 11.9 Å². The van der Waals surface area contributed by atoms with E-state index < -0.39 is 33.4 Å². The van der Waals surface area contributed by atoms with Crippen LogP contribution in [0.2, 0.25) is 0 Å². The molecule has 0 aromatic rings. The predicted octanol–water partition coefficient (Wildman–Crippen LogP) is 1.20. The van der Waals surface area contributed by atoms with Crippen LogP contribution in [0.3, 0.4) is 0 Å². The lowest BCUT2D eigenvalue weighted by atomic mass is 9.75. The van der Waals surface area contributed by atoms with E-state index in [-0.39, 0.29) is 48.5 Å². The number of amides is 2. The van der Waals surface area contributed by atoms with Crippen LogP contribution in [-0.2, 0) is 19.6 Å². The van der Waals surface area contributed by atoms with Crippen LogP contribution in [0.15, 0.2) is 0 Å². The maximum Gasteiger partial charge on any atom is 0.241 e. The van der Waals surface area contributed by atoms with Crippen LogP contribution >= 0.6 is 11.6 Å². The van der Waals surface area contributed by atoms with E-state index in [0.717, 1.165) is 38.5 Å². The fourth-order valence-corrected chi connectivity index (χ4v) is 7.05. The Bertz CT molecular complexity index is 798. The lowest BCUT2D eigenvalue weighted by Crippen LogP contribution is -2.53. The number of carbonyl (C=O) groups excluding carboxylic acids is 2. The Kier molecular flexibility index (Phi) is 9.36. The number of halogens is 2. The van der Waals surface area contributed by atoms with Crippen LogP contribution in [0.4, 0.5) is 4.39 Å². The van der Waals surface area contributed by atoms with Crippen LogP contribution in [0.1, 0.15) is 58.3 Å². The second-order valence-corrected chi connectivity index (χ2v) is 12.1. The largest absolute Gasteiger partial charge is 0.358 e. The van der Waals surface area contributed by atoms with Crippen molar-refractivity contribution >= 4 is 33.4 Å². The van der Waals surface area contributed by atoms with Gasteiger partial charge < -0.3 is 5.32 Å². The third kappa shape index (κ3) is 7.24. The zero-order chi connectivity index (χ0) is 24.2. The molecule has 12 heteroatoms. The molecule has 3 aliphatic rings. The highest BCUT2D eigenvalue weighted by molar-refractivity contribution is 7.89. The molecular weight excluding hydrogens is 473 g/mol. The first kappa shape index (κ1) is 26.6. The van der Waals surface area contributed by atoms with Crippen LogP contribution in [0, 0.1) is 17.8 Å². The highest BCUT2D eigenvalue weighted by Gasteiger charge is 2.45. The number of carbonyl (C=O) groups is 2. The van der Waals surface area contributed by atoms with Crippen molar-refractivity contribution in [1.29, 1.82) is 0 Å². The number of likely N-dealkylation sites (N-methyl/N-ethyl adjacent to an activating group) is 1. The van der Waals surface area contributed by atoms with Crippen LogP contribution < -0.4 is 21.0 Å². The predicted molar refractivity (Wildman–Crippen MR) is 124 cm³/mol. The summed E-state index contributed by atoms with van der Waals surface area (Å²) in [6.07, 6.45) is 4.72. The standard InChI is InChI=1S/C21H37ClFN5O4S/c1-13-8-18(26-28(13)11-19(29)24-2)15-9-16(20(23)17(22)10-15)21(30)25-27-33(31,32)12-14-6-4-3-5-7-14/h13-18,20,26-27H,3-12H2,1-2H3,(H,24,29)(H,25,30). The van der Waals surface area contributed by atoms with Gasteiger partial charge in [0.2, 0.25) is 21.8 Å². The highest BCUT2D eigenvalue weighted by atomic mass is 35.5. The van der Waals surface area contributed by atoms with Crippen LogP contribution in [-0.4, -0.2) is 68.2 Å². The molecule has 6 unspecified atom stereocenters. The van der Waals surface area contributed by atoms with Gasteiger partial charge in [0.15, 0.2) is 0 Å². The van der Waals surface area contributed by atoms with E-state index in [9.17, 15) is 22.4 Å². The minimum absolute atomic E-state index is 0.0389. The minimum Gasteiger partial charge on any atom is -0.358 e. The van der Waals surface area contributed by atoms with Crippen molar-refractivity contribution in [3.63, 3.8) is 0 Å². The quantitative estimate of drug-likeness (QED) is 0.288. The van der Waals surface area contributed by atoms with Crippen molar-refractivity contribution in [2.24, 2.45) is 17.8 Å². The summed E-state index contributed by atoms with van der Waals surface area (Å²) in [4.78, 5) is 26.6. The molecule has 2 saturated carbocycles. The van der Waals surface area contributed by atoms with E-state index in [1.54, 1.807) is 7.05 Å². The van der Waals surface area contributed by atoms with E-state index in [4.69, 9.17) is 11.6 Å². The van der Waals surface area contributed by atoms with Gasteiger partial charge in [0, 0.05) is 19.1 Å². The molecular formula is C21H37ClFN5O4S.